The Hall–Kier alpha value is -2.65. The van der Waals surface area contributed by atoms with E-state index < -0.39 is 60.5 Å². The van der Waals surface area contributed by atoms with Gasteiger partial charge in [-0.15, -0.1) is 0 Å². The highest BCUT2D eigenvalue weighted by Gasteiger charge is 2.51. The van der Waals surface area contributed by atoms with E-state index in [-0.39, 0.29) is 26.5 Å². The molecule has 0 amide bonds. The van der Waals surface area contributed by atoms with Gasteiger partial charge < -0.3 is 14.5 Å². The molecule has 228 valence electrons. The van der Waals surface area contributed by atoms with Gasteiger partial charge in [-0.3, -0.25) is 9.59 Å². The maximum atomic E-state index is 14.3. The summed E-state index contributed by atoms with van der Waals surface area (Å²) in [6.07, 6.45) is -3.85. The topological polar surface area (TPSA) is 108 Å². The number of rotatable bonds is 8. The molecule has 4 rings (SSSR count). The van der Waals surface area contributed by atoms with Crippen molar-refractivity contribution in [1.82, 2.24) is 4.90 Å². The smallest absolute Gasteiger partial charge is 0.417 e. The molecule has 1 aromatic carbocycles. The number of ether oxygens (including phenoxy) is 1. The number of alkyl halides is 3. The van der Waals surface area contributed by atoms with Gasteiger partial charge >= 0.3 is 12.1 Å². The molecular weight excluding hydrogens is 559 g/mol. The summed E-state index contributed by atoms with van der Waals surface area (Å²) in [4.78, 5) is 29.4. The van der Waals surface area contributed by atoms with Gasteiger partial charge in [-0.1, -0.05) is 0 Å². The molecule has 3 fully saturated rings. The van der Waals surface area contributed by atoms with Crippen LogP contribution in [0.2, 0.25) is 0 Å². The largest absolute Gasteiger partial charge is 0.460 e. The van der Waals surface area contributed by atoms with Crippen LogP contribution < -0.4 is 4.90 Å². The van der Waals surface area contributed by atoms with Crippen molar-refractivity contribution in [3.05, 3.63) is 23.8 Å². The Balaban J connectivity index is 0.00000484. The normalized spacial score (nSPS) is 25.0. The number of Topliss-reactive ketones (excluding diaryl/α,β-unsaturated/α-hetero) is 1. The number of anilines is 1. The number of nitriles is 1. The molecule has 1 unspecified atom stereocenters. The zero-order chi connectivity index (χ0) is 30.4. The number of likely N-dealkylation sites (N-methyl/N-ethyl adjacent to an activating group) is 1. The van der Waals surface area contributed by atoms with Gasteiger partial charge in [0.25, 0.3) is 0 Å². The number of esters is 1. The van der Waals surface area contributed by atoms with Gasteiger partial charge in [0.15, 0.2) is 9.84 Å². The van der Waals surface area contributed by atoms with Gasteiger partial charge in [0.1, 0.15) is 11.4 Å². The molecule has 0 aromatic heterocycles. The molecule has 0 bridgehead atoms. The standard InChI is InChI=1S/C29H38F3N3O5S.H2/c1-27(2,3)40-26(37)22-17-20(16-21(22)24(36)7-8-28(18-33)9-10-28)41(38,39)25-6-5-19(15-23(25)29(30,31)32)35-13-11-34(4)12-14-35;/h5-6,15,20-22H,7-14,16-17H2,1-4H3;1H/t20-,21-,22?;/m1./s1. The zero-order valence-electron chi connectivity index (χ0n) is 24.0. The fraction of sp³-hybridized carbons (Fsp3) is 0.690. The number of carbonyl (C=O) groups excluding carboxylic acids is 2. The van der Waals surface area contributed by atoms with Crippen molar-refractivity contribution in [3.8, 4) is 6.07 Å². The quantitative estimate of drug-likeness (QED) is 0.390. The Kier molecular flexibility index (Phi) is 8.56. The summed E-state index contributed by atoms with van der Waals surface area (Å²) in [5, 5.41) is 8.01. The van der Waals surface area contributed by atoms with Gasteiger partial charge in [0.05, 0.1) is 33.1 Å². The lowest BCUT2D eigenvalue weighted by Crippen LogP contribution is -2.44. The van der Waals surface area contributed by atoms with Crippen LogP contribution in [-0.2, 0) is 30.3 Å². The average Bonchev–Trinajstić information content (AvgIpc) is 3.52. The third kappa shape index (κ3) is 7.05. The first kappa shape index (κ1) is 31.3. The first-order chi connectivity index (χ1) is 19.0. The Morgan fingerprint density at radius 3 is 2.24 bits per heavy atom. The van der Waals surface area contributed by atoms with Crippen molar-refractivity contribution < 1.29 is 37.3 Å². The number of sulfone groups is 1. The maximum absolute atomic E-state index is 14.3. The minimum absolute atomic E-state index is 0. The molecule has 2 saturated carbocycles. The van der Waals surface area contributed by atoms with Crippen LogP contribution in [0.3, 0.4) is 0 Å². The number of halogens is 3. The second-order valence-corrected chi connectivity index (χ2v) is 14.9. The van der Waals surface area contributed by atoms with Crippen LogP contribution in [0.5, 0.6) is 0 Å². The molecule has 1 saturated heterocycles. The third-order valence-electron chi connectivity index (χ3n) is 8.47. The number of ketones is 1. The van der Waals surface area contributed by atoms with Crippen molar-refractivity contribution in [3.63, 3.8) is 0 Å². The molecule has 0 spiro atoms. The SMILES string of the molecule is CN1CCN(c2ccc(S(=O)(=O)[C@H]3CC(C(=O)OC(C)(C)C)[C@H](C(=O)CCC4(C#N)CC4)C3)c(C(F)(F)F)c2)CC1.[HH]. The van der Waals surface area contributed by atoms with Crippen LogP contribution in [0, 0.1) is 28.6 Å². The van der Waals surface area contributed by atoms with Gasteiger partial charge in [0, 0.05) is 45.6 Å². The molecule has 3 atom stereocenters. The maximum Gasteiger partial charge on any atom is 0.417 e. The first-order valence-electron chi connectivity index (χ1n) is 14.0. The lowest BCUT2D eigenvalue weighted by molar-refractivity contribution is -0.162. The number of hydrogen-bond donors (Lipinski definition) is 0. The minimum Gasteiger partial charge on any atom is -0.460 e. The first-order valence-corrected chi connectivity index (χ1v) is 15.6. The average molecular weight is 600 g/mol. The molecule has 41 heavy (non-hydrogen) atoms. The summed E-state index contributed by atoms with van der Waals surface area (Å²) in [5.41, 5.74) is -2.42. The van der Waals surface area contributed by atoms with E-state index >= 15 is 0 Å². The van der Waals surface area contributed by atoms with Crippen molar-refractivity contribution in [1.29, 1.82) is 5.26 Å². The summed E-state index contributed by atoms with van der Waals surface area (Å²) in [6, 6.07) is 5.51. The van der Waals surface area contributed by atoms with Crippen LogP contribution in [-0.4, -0.2) is 69.1 Å². The van der Waals surface area contributed by atoms with E-state index in [4.69, 9.17) is 4.74 Å². The highest BCUT2D eigenvalue weighted by molar-refractivity contribution is 7.92. The molecular formula is C29H40F3N3O5S. The highest BCUT2D eigenvalue weighted by Crippen LogP contribution is 2.50. The van der Waals surface area contributed by atoms with Gasteiger partial charge in [0.2, 0.25) is 0 Å². The predicted molar refractivity (Wildman–Crippen MR) is 148 cm³/mol. The van der Waals surface area contributed by atoms with Crippen molar-refractivity contribution in [2.45, 2.75) is 81.2 Å². The van der Waals surface area contributed by atoms with E-state index in [9.17, 15) is 36.4 Å². The van der Waals surface area contributed by atoms with Gasteiger partial charge in [-0.25, -0.2) is 8.42 Å². The third-order valence-corrected chi connectivity index (χ3v) is 10.7. The number of hydrogen-bond acceptors (Lipinski definition) is 8. The van der Waals surface area contributed by atoms with Crippen molar-refractivity contribution in [2.24, 2.45) is 17.3 Å². The minimum atomic E-state index is -4.93. The fourth-order valence-corrected chi connectivity index (χ4v) is 7.80. The number of benzene rings is 1. The van der Waals surface area contributed by atoms with E-state index in [1.165, 1.54) is 6.07 Å². The molecule has 1 heterocycles. The summed E-state index contributed by atoms with van der Waals surface area (Å²) < 4.78 is 75.9. The van der Waals surface area contributed by atoms with Crippen LogP contribution in [0.4, 0.5) is 18.9 Å². The van der Waals surface area contributed by atoms with Crippen LogP contribution in [0.15, 0.2) is 23.1 Å². The van der Waals surface area contributed by atoms with E-state index in [2.05, 4.69) is 11.0 Å². The monoisotopic (exact) mass is 599 g/mol. The van der Waals surface area contributed by atoms with Crippen molar-refractivity contribution in [2.75, 3.05) is 38.1 Å². The Labute approximate surface area is 241 Å². The lowest BCUT2D eigenvalue weighted by atomic mass is 9.87. The molecule has 8 nitrogen and oxygen atoms in total. The number of piperazine rings is 1. The second kappa shape index (κ2) is 11.2. The summed E-state index contributed by atoms with van der Waals surface area (Å²) >= 11 is 0. The molecule has 2 aliphatic carbocycles. The molecule has 1 aliphatic heterocycles. The fourth-order valence-electron chi connectivity index (χ4n) is 5.78. The molecule has 1 aromatic rings. The Bertz CT molecular complexity index is 1330. The molecule has 0 N–H and O–H groups in total. The van der Waals surface area contributed by atoms with E-state index in [1.807, 2.05) is 7.05 Å². The van der Waals surface area contributed by atoms with Gasteiger partial charge in [-0.05, 0) is 78.1 Å². The number of nitrogens with zero attached hydrogens (tertiary/aromatic N) is 3. The van der Waals surface area contributed by atoms with Crippen LogP contribution in [0.25, 0.3) is 0 Å². The van der Waals surface area contributed by atoms with Crippen LogP contribution in [0.1, 0.15) is 66.3 Å². The predicted octanol–water partition coefficient (Wildman–Crippen LogP) is 4.87. The molecule has 12 heteroatoms. The van der Waals surface area contributed by atoms with E-state index in [0.717, 1.165) is 12.1 Å². The Morgan fingerprint density at radius 1 is 1.10 bits per heavy atom. The van der Waals surface area contributed by atoms with Gasteiger partial charge in [-0.2, -0.15) is 18.4 Å². The lowest BCUT2D eigenvalue weighted by Gasteiger charge is -2.34. The zero-order valence-corrected chi connectivity index (χ0v) is 24.8. The second-order valence-electron chi connectivity index (χ2n) is 12.7. The van der Waals surface area contributed by atoms with Crippen LogP contribution >= 0.6 is 0 Å². The van der Waals surface area contributed by atoms with E-state index in [1.54, 1.807) is 25.7 Å². The summed E-state index contributed by atoms with van der Waals surface area (Å²) in [6.45, 7) is 7.29. The van der Waals surface area contributed by atoms with Crippen molar-refractivity contribution >= 4 is 27.3 Å². The number of carbonyl (C=O) groups is 2. The molecule has 0 radical (unpaired) electrons. The summed E-state index contributed by atoms with van der Waals surface area (Å²) in [7, 11) is -2.66. The van der Waals surface area contributed by atoms with E-state index in [0.29, 0.717) is 51.1 Å². The summed E-state index contributed by atoms with van der Waals surface area (Å²) in [5.74, 6) is -3.21. The Morgan fingerprint density at radius 2 is 1.71 bits per heavy atom. The highest BCUT2D eigenvalue weighted by atomic mass is 32.2. The molecule has 3 aliphatic rings.